The first-order valence-electron chi connectivity index (χ1n) is 10.7. The molecule has 1 aliphatic rings. The van der Waals surface area contributed by atoms with Crippen LogP contribution in [-0.4, -0.2) is 21.8 Å². The van der Waals surface area contributed by atoms with E-state index in [2.05, 4.69) is 21.4 Å². The Balaban J connectivity index is 0.000000157. The van der Waals surface area contributed by atoms with E-state index in [1.165, 1.54) is 18.5 Å². The van der Waals surface area contributed by atoms with Gasteiger partial charge in [-0.05, 0) is 60.9 Å². The van der Waals surface area contributed by atoms with Crippen molar-refractivity contribution in [1.29, 1.82) is 0 Å². The van der Waals surface area contributed by atoms with Crippen LogP contribution in [0.1, 0.15) is 50.9 Å². The van der Waals surface area contributed by atoms with E-state index >= 15 is 0 Å². The molecule has 0 spiro atoms. The highest BCUT2D eigenvalue weighted by molar-refractivity contribution is 6.09. The highest BCUT2D eigenvalue weighted by Gasteiger charge is 2.25. The molecule has 0 bridgehead atoms. The van der Waals surface area contributed by atoms with Crippen LogP contribution in [-0.2, 0) is 0 Å². The summed E-state index contributed by atoms with van der Waals surface area (Å²) in [5.74, 6) is 0.0604. The average Bonchev–Trinajstić information content (AvgIpc) is 3.64. The molecule has 0 radical (unpaired) electrons. The first kappa shape index (κ1) is 22.0. The van der Waals surface area contributed by atoms with Gasteiger partial charge in [0.1, 0.15) is 0 Å². The van der Waals surface area contributed by atoms with Gasteiger partial charge in [-0.3, -0.25) is 9.59 Å². The van der Waals surface area contributed by atoms with Crippen LogP contribution in [0, 0.1) is 6.92 Å². The third kappa shape index (κ3) is 5.51. The molecule has 1 aliphatic carbocycles. The summed E-state index contributed by atoms with van der Waals surface area (Å²) in [6.45, 7) is 2.02. The highest BCUT2D eigenvalue weighted by Crippen LogP contribution is 2.39. The number of aryl methyl sites for hydroxylation is 1. The Labute approximate surface area is 191 Å². The lowest BCUT2D eigenvalue weighted by molar-refractivity contribution is 0.0967. The van der Waals surface area contributed by atoms with Gasteiger partial charge in [0.25, 0.3) is 0 Å². The van der Waals surface area contributed by atoms with Crippen LogP contribution in [0.2, 0.25) is 0 Å². The van der Waals surface area contributed by atoms with Crippen molar-refractivity contribution in [2.75, 3.05) is 5.32 Å². The maximum atomic E-state index is 11.2. The number of hydrogen-bond donors (Lipinski definition) is 3. The fourth-order valence-electron chi connectivity index (χ4n) is 3.54. The van der Waals surface area contributed by atoms with Crippen molar-refractivity contribution >= 4 is 34.2 Å². The summed E-state index contributed by atoms with van der Waals surface area (Å²) in [7, 11) is 0. The number of aromatic nitrogens is 2. The zero-order valence-corrected chi connectivity index (χ0v) is 18.3. The number of para-hydroxylation sites is 1. The zero-order chi connectivity index (χ0) is 23.4. The Morgan fingerprint density at radius 3 is 1.88 bits per heavy atom. The number of hydrogen-bond acceptors (Lipinski definition) is 5. The standard InChI is InChI=1S/C14H15N3.C12H10N2O2/c1-10-9-13(11-7-8-11)17-14(15-10)16-12-5-3-2-4-6-12;13-11(15)9-5-7-3-1-2-4-8(7)6-10(9)12(14)16/h2-6,9,11H,7-8H2,1H3,(H,15,16,17);1-6H,(H2,13,15)(H2,14,16). The van der Waals surface area contributed by atoms with Crippen LogP contribution in [0.25, 0.3) is 10.8 Å². The van der Waals surface area contributed by atoms with Crippen molar-refractivity contribution in [2.24, 2.45) is 11.5 Å². The van der Waals surface area contributed by atoms with Crippen LogP contribution in [0.5, 0.6) is 0 Å². The quantitative estimate of drug-likeness (QED) is 0.424. The number of nitrogens with one attached hydrogen (secondary N) is 1. The van der Waals surface area contributed by atoms with Crippen LogP contribution in [0.3, 0.4) is 0 Å². The summed E-state index contributed by atoms with van der Waals surface area (Å²) in [6.07, 6.45) is 2.53. The van der Waals surface area contributed by atoms with Gasteiger partial charge in [0.05, 0.1) is 11.1 Å². The predicted octanol–water partition coefficient (Wildman–Crippen LogP) is 4.44. The SMILES string of the molecule is Cc1cc(C2CC2)nc(Nc2ccccc2)n1.NC(=O)c1cc2ccccc2cc1C(N)=O. The van der Waals surface area contributed by atoms with Gasteiger partial charge in [0.2, 0.25) is 17.8 Å². The highest BCUT2D eigenvalue weighted by atomic mass is 16.2. The molecule has 1 fully saturated rings. The molecule has 33 heavy (non-hydrogen) atoms. The molecule has 1 aromatic heterocycles. The monoisotopic (exact) mass is 439 g/mol. The van der Waals surface area contributed by atoms with Crippen LogP contribution in [0.15, 0.2) is 72.8 Å². The second-order valence-electron chi connectivity index (χ2n) is 8.00. The number of anilines is 2. The first-order valence-corrected chi connectivity index (χ1v) is 10.7. The molecule has 1 saturated carbocycles. The normalized spacial score (nSPS) is 12.5. The molecule has 5 rings (SSSR count). The van der Waals surface area contributed by atoms with Gasteiger partial charge in [0.15, 0.2) is 0 Å². The van der Waals surface area contributed by atoms with E-state index in [0.29, 0.717) is 11.9 Å². The molecule has 7 nitrogen and oxygen atoms in total. The summed E-state index contributed by atoms with van der Waals surface area (Å²) >= 11 is 0. The Bertz CT molecular complexity index is 1260. The van der Waals surface area contributed by atoms with Gasteiger partial charge >= 0.3 is 0 Å². The molecule has 0 saturated heterocycles. The predicted molar refractivity (Wildman–Crippen MR) is 129 cm³/mol. The Kier molecular flexibility index (Phi) is 6.31. The van der Waals surface area contributed by atoms with Crippen molar-refractivity contribution in [2.45, 2.75) is 25.7 Å². The fourth-order valence-corrected chi connectivity index (χ4v) is 3.54. The van der Waals surface area contributed by atoms with Crippen molar-refractivity contribution in [3.05, 3.63) is 95.3 Å². The van der Waals surface area contributed by atoms with Gasteiger partial charge in [-0.15, -0.1) is 0 Å². The van der Waals surface area contributed by atoms with E-state index in [9.17, 15) is 9.59 Å². The number of benzene rings is 3. The summed E-state index contributed by atoms with van der Waals surface area (Å²) in [5, 5.41) is 4.94. The average molecular weight is 440 g/mol. The Hall–Kier alpha value is -4.26. The van der Waals surface area contributed by atoms with Gasteiger partial charge in [-0.1, -0.05) is 42.5 Å². The minimum absolute atomic E-state index is 0.159. The molecule has 3 aromatic carbocycles. The molecule has 0 atom stereocenters. The van der Waals surface area contributed by atoms with Gasteiger partial charge < -0.3 is 16.8 Å². The molecular weight excluding hydrogens is 414 g/mol. The molecule has 166 valence electrons. The summed E-state index contributed by atoms with van der Waals surface area (Å²) in [4.78, 5) is 31.4. The van der Waals surface area contributed by atoms with Crippen LogP contribution in [0.4, 0.5) is 11.6 Å². The van der Waals surface area contributed by atoms with Crippen LogP contribution >= 0.6 is 0 Å². The number of primary amides is 2. The van der Waals surface area contributed by atoms with E-state index in [0.717, 1.165) is 22.2 Å². The number of rotatable bonds is 5. The number of fused-ring (bicyclic) bond motifs is 1. The Morgan fingerprint density at radius 1 is 0.818 bits per heavy atom. The van der Waals surface area contributed by atoms with E-state index in [1.54, 1.807) is 12.1 Å². The molecule has 7 heteroatoms. The maximum Gasteiger partial charge on any atom is 0.249 e. The minimum atomic E-state index is -0.653. The number of nitrogens with two attached hydrogens (primary N) is 2. The summed E-state index contributed by atoms with van der Waals surface area (Å²) in [6, 6.07) is 22.7. The number of nitrogens with zero attached hydrogens (tertiary/aromatic N) is 2. The molecule has 2 amide bonds. The van der Waals surface area contributed by atoms with E-state index in [-0.39, 0.29) is 11.1 Å². The third-order valence-electron chi connectivity index (χ3n) is 5.32. The van der Waals surface area contributed by atoms with E-state index in [4.69, 9.17) is 11.5 Å². The Morgan fingerprint density at radius 2 is 1.36 bits per heavy atom. The first-order chi connectivity index (χ1) is 15.9. The van der Waals surface area contributed by atoms with Crippen molar-refractivity contribution in [1.82, 2.24) is 9.97 Å². The zero-order valence-electron chi connectivity index (χ0n) is 18.3. The van der Waals surface area contributed by atoms with Gasteiger partial charge in [-0.2, -0.15) is 0 Å². The van der Waals surface area contributed by atoms with Gasteiger partial charge in [0, 0.05) is 23.0 Å². The molecule has 1 heterocycles. The molecule has 5 N–H and O–H groups in total. The topological polar surface area (TPSA) is 124 Å². The van der Waals surface area contributed by atoms with E-state index in [1.807, 2.05) is 61.5 Å². The smallest absolute Gasteiger partial charge is 0.249 e. The molecule has 0 aliphatic heterocycles. The minimum Gasteiger partial charge on any atom is -0.366 e. The second kappa shape index (κ2) is 9.48. The largest absolute Gasteiger partial charge is 0.366 e. The summed E-state index contributed by atoms with van der Waals surface area (Å²) in [5.41, 5.74) is 13.9. The van der Waals surface area contributed by atoms with E-state index < -0.39 is 11.8 Å². The second-order valence-corrected chi connectivity index (χ2v) is 8.00. The lowest BCUT2D eigenvalue weighted by atomic mass is 10.00. The fraction of sp³-hybridized carbons (Fsp3) is 0.154. The summed E-state index contributed by atoms with van der Waals surface area (Å²) < 4.78 is 0. The number of carbonyl (C=O) groups is 2. The molecule has 0 unspecified atom stereocenters. The van der Waals surface area contributed by atoms with Crippen molar-refractivity contribution < 1.29 is 9.59 Å². The molecule has 4 aromatic rings. The van der Waals surface area contributed by atoms with Gasteiger partial charge in [-0.25, -0.2) is 9.97 Å². The molecular formula is C26H25N5O2. The van der Waals surface area contributed by atoms with Crippen LogP contribution < -0.4 is 16.8 Å². The number of amides is 2. The lowest BCUT2D eigenvalue weighted by Gasteiger charge is -2.07. The van der Waals surface area contributed by atoms with Crippen molar-refractivity contribution in [3.63, 3.8) is 0 Å². The third-order valence-corrected chi connectivity index (χ3v) is 5.32. The maximum absolute atomic E-state index is 11.2. The van der Waals surface area contributed by atoms with Crippen molar-refractivity contribution in [3.8, 4) is 0 Å². The lowest BCUT2D eigenvalue weighted by Crippen LogP contribution is -2.20. The number of carbonyl (C=O) groups excluding carboxylic acids is 2.